The van der Waals surface area contributed by atoms with Gasteiger partial charge in [0.2, 0.25) is 11.8 Å². The van der Waals surface area contributed by atoms with Crippen LogP contribution < -0.4 is 20.1 Å². The average molecular weight is 743 g/mol. The van der Waals surface area contributed by atoms with E-state index in [0.29, 0.717) is 50.3 Å². The van der Waals surface area contributed by atoms with Gasteiger partial charge in [-0.05, 0) is 88.3 Å². The molecule has 2 amide bonds. The molecule has 0 saturated carbocycles. The van der Waals surface area contributed by atoms with Gasteiger partial charge in [-0.1, -0.05) is 45.9 Å². The molecule has 10 rings (SSSR count). The summed E-state index contributed by atoms with van der Waals surface area (Å²) in [7, 11) is 6.63. The van der Waals surface area contributed by atoms with E-state index in [4.69, 9.17) is 9.47 Å². The van der Waals surface area contributed by atoms with Crippen molar-refractivity contribution < 1.29 is 38.9 Å². The van der Waals surface area contributed by atoms with E-state index in [1.807, 2.05) is 38.4 Å². The Labute approximate surface area is 307 Å². The van der Waals surface area contributed by atoms with Crippen LogP contribution in [0.4, 0.5) is 0 Å². The van der Waals surface area contributed by atoms with Crippen LogP contribution >= 0.6 is 21.6 Å². The van der Waals surface area contributed by atoms with Gasteiger partial charge in [0, 0.05) is 23.2 Å². The van der Waals surface area contributed by atoms with Gasteiger partial charge in [0.25, 0.3) is 0 Å². The fourth-order valence-electron chi connectivity index (χ4n) is 11.5. The molecule has 8 atom stereocenters. The Balaban J connectivity index is 0.875. The summed E-state index contributed by atoms with van der Waals surface area (Å²) in [6.07, 6.45) is 7.42. The molecule has 8 aliphatic rings. The summed E-state index contributed by atoms with van der Waals surface area (Å²) in [5.41, 5.74) is 0.146. The molecule has 4 heterocycles. The minimum Gasteiger partial charge on any atom is -0.504 e. The molecule has 270 valence electrons. The SMILES string of the molecule is CN1CC[C@]23c4c5ccc(O)c4O[C@H]2C(=O)C=C[C@@]3(NC(=O)CSSCC(=O)N[C@@]23C=CC(=O)[C@@H]4Oc6c(O)ccc7c6[C@@]42CCN(C)C3C7)C1C5. The molecule has 4 bridgehead atoms. The largest absolute Gasteiger partial charge is 0.504 e. The molecule has 2 spiro atoms. The zero-order valence-corrected chi connectivity index (χ0v) is 30.3. The molecule has 4 aliphatic heterocycles. The molecule has 4 N–H and O–H groups in total. The quantitative estimate of drug-likeness (QED) is 0.241. The summed E-state index contributed by atoms with van der Waals surface area (Å²) in [4.78, 5) is 58.8. The third-order valence-corrected chi connectivity index (χ3v) is 15.7. The number of hydrogen-bond acceptors (Lipinski definition) is 12. The Morgan fingerprint density at radius 3 is 1.60 bits per heavy atom. The van der Waals surface area contributed by atoms with Crippen LogP contribution in [0.15, 0.2) is 48.6 Å². The molecular weight excluding hydrogens is 705 g/mol. The lowest BCUT2D eigenvalue weighted by Gasteiger charge is -2.62. The summed E-state index contributed by atoms with van der Waals surface area (Å²) in [6, 6.07) is 6.78. The van der Waals surface area contributed by atoms with Gasteiger partial charge in [0.05, 0.1) is 33.4 Å². The maximum atomic E-state index is 13.9. The van der Waals surface area contributed by atoms with Crippen molar-refractivity contribution in [3.05, 3.63) is 70.8 Å². The molecule has 2 saturated heterocycles. The van der Waals surface area contributed by atoms with Gasteiger partial charge in [-0.25, -0.2) is 0 Å². The molecular formula is C38H38N4O8S2. The minimum atomic E-state index is -0.929. The lowest BCUT2D eigenvalue weighted by molar-refractivity contribution is -0.134. The lowest BCUT2D eigenvalue weighted by atomic mass is 9.49. The van der Waals surface area contributed by atoms with E-state index in [0.717, 1.165) is 22.3 Å². The van der Waals surface area contributed by atoms with Gasteiger partial charge in [0.1, 0.15) is 0 Å². The number of ketones is 2. The van der Waals surface area contributed by atoms with Crippen molar-refractivity contribution in [2.45, 2.75) is 71.9 Å². The van der Waals surface area contributed by atoms with Crippen molar-refractivity contribution in [2.75, 3.05) is 38.7 Å². The zero-order chi connectivity index (χ0) is 35.9. The standard InChI is InChI=1S/C38H38N4O8S2/c1-41-13-11-35-29-19-3-5-21(43)31(29)49-33(35)23(45)7-9-37(35,25(41)15-19)39-27(47)17-51-52-18-28(48)40-38-10-8-24(46)34-36(38)12-14-42(2)26(38)16-20-4-6-22(44)32(50-34)30(20)36/h3-10,25-26,33-34,43-44H,11-18H2,1-2H3,(H,39,47)(H,40,48)/t25?,26?,33-,34-,35-,36-,37+,38+/m0/s1. The predicted molar refractivity (Wildman–Crippen MR) is 193 cm³/mol. The number of aromatic hydroxyl groups is 2. The number of likely N-dealkylation sites (N-methyl/N-ethyl adjacent to an activating group) is 2. The first-order valence-electron chi connectivity index (χ1n) is 17.7. The summed E-state index contributed by atoms with van der Waals surface area (Å²) in [5.74, 6) is 0.00839. The lowest BCUT2D eigenvalue weighted by Crippen LogP contribution is -2.80. The highest BCUT2D eigenvalue weighted by Gasteiger charge is 2.74. The summed E-state index contributed by atoms with van der Waals surface area (Å²) >= 11 is 0. The van der Waals surface area contributed by atoms with Gasteiger partial charge in [-0.3, -0.25) is 19.2 Å². The fraction of sp³-hybridized carbons (Fsp3) is 0.474. The predicted octanol–water partition coefficient (Wildman–Crippen LogP) is 1.69. The molecule has 2 unspecified atom stereocenters. The Morgan fingerprint density at radius 2 is 1.17 bits per heavy atom. The van der Waals surface area contributed by atoms with E-state index in [2.05, 4.69) is 20.4 Å². The molecule has 2 aromatic carbocycles. The maximum absolute atomic E-state index is 13.9. The molecule has 52 heavy (non-hydrogen) atoms. The second-order valence-corrected chi connectivity index (χ2v) is 18.0. The van der Waals surface area contributed by atoms with Crippen molar-refractivity contribution in [3.63, 3.8) is 0 Å². The second kappa shape index (κ2) is 10.8. The number of amides is 2. The molecule has 0 aromatic heterocycles. The third-order valence-electron chi connectivity index (χ3n) is 13.5. The minimum absolute atomic E-state index is 0.00473. The number of piperidine rings is 2. The number of phenols is 2. The van der Waals surface area contributed by atoms with Crippen LogP contribution in [0.25, 0.3) is 0 Å². The van der Waals surface area contributed by atoms with Crippen molar-refractivity contribution in [3.8, 4) is 23.0 Å². The number of nitrogens with zero attached hydrogens (tertiary/aromatic N) is 2. The molecule has 2 aromatic rings. The number of hydrogen-bond donors (Lipinski definition) is 4. The molecule has 12 nitrogen and oxygen atoms in total. The number of carbonyl (C=O) groups excluding carboxylic acids is 4. The first-order chi connectivity index (χ1) is 25.0. The first-order valence-corrected chi connectivity index (χ1v) is 20.2. The Morgan fingerprint density at radius 1 is 0.750 bits per heavy atom. The van der Waals surface area contributed by atoms with Crippen LogP contribution in [0.5, 0.6) is 23.0 Å². The number of ether oxygens (including phenoxy) is 2. The number of rotatable bonds is 7. The van der Waals surface area contributed by atoms with Crippen molar-refractivity contribution in [1.29, 1.82) is 0 Å². The Bertz CT molecular complexity index is 1950. The van der Waals surface area contributed by atoms with Crippen LogP contribution in [0, 0.1) is 0 Å². The van der Waals surface area contributed by atoms with E-state index < -0.39 is 34.1 Å². The van der Waals surface area contributed by atoms with Crippen LogP contribution in [0.3, 0.4) is 0 Å². The highest BCUT2D eigenvalue weighted by atomic mass is 33.1. The van der Waals surface area contributed by atoms with Crippen molar-refractivity contribution >= 4 is 45.0 Å². The number of likely N-dealkylation sites (tertiary alicyclic amines) is 2. The smallest absolute Gasteiger partial charge is 0.231 e. The normalized spacial score (nSPS) is 36.8. The van der Waals surface area contributed by atoms with Crippen LogP contribution in [-0.2, 0) is 42.8 Å². The van der Waals surface area contributed by atoms with E-state index in [1.54, 1.807) is 12.1 Å². The van der Waals surface area contributed by atoms with E-state index in [-0.39, 0.29) is 58.5 Å². The van der Waals surface area contributed by atoms with Gasteiger partial charge < -0.3 is 40.1 Å². The Hall–Kier alpha value is -3.98. The highest BCUT2D eigenvalue weighted by Crippen LogP contribution is 2.65. The van der Waals surface area contributed by atoms with Crippen LogP contribution in [0.1, 0.15) is 35.1 Å². The molecule has 4 aliphatic carbocycles. The van der Waals surface area contributed by atoms with E-state index >= 15 is 0 Å². The van der Waals surface area contributed by atoms with Crippen LogP contribution in [-0.4, -0.2) is 117 Å². The van der Waals surface area contributed by atoms with Crippen LogP contribution in [0.2, 0.25) is 0 Å². The highest BCUT2D eigenvalue weighted by molar-refractivity contribution is 8.77. The van der Waals surface area contributed by atoms with Crippen molar-refractivity contribution in [1.82, 2.24) is 20.4 Å². The van der Waals surface area contributed by atoms with Crippen molar-refractivity contribution in [2.24, 2.45) is 0 Å². The Kier molecular flexibility index (Phi) is 6.78. The number of benzene rings is 2. The molecule has 2 fully saturated rings. The fourth-order valence-corrected chi connectivity index (χ4v) is 13.2. The first kappa shape index (κ1) is 32.7. The van der Waals surface area contributed by atoms with Gasteiger partial charge in [-0.2, -0.15) is 0 Å². The zero-order valence-electron chi connectivity index (χ0n) is 28.6. The third kappa shape index (κ3) is 3.78. The van der Waals surface area contributed by atoms with Gasteiger partial charge >= 0.3 is 0 Å². The van der Waals surface area contributed by atoms with E-state index in [9.17, 15) is 29.4 Å². The monoisotopic (exact) mass is 742 g/mol. The van der Waals surface area contributed by atoms with Gasteiger partial charge in [0.15, 0.2) is 46.8 Å². The number of nitrogens with one attached hydrogen (secondary N) is 2. The van der Waals surface area contributed by atoms with E-state index in [1.165, 1.54) is 33.7 Å². The summed E-state index contributed by atoms with van der Waals surface area (Å²) in [6.45, 7) is 1.42. The molecule has 0 radical (unpaired) electrons. The topological polar surface area (TPSA) is 158 Å². The molecule has 14 heteroatoms. The number of phenolic OH excluding ortho intramolecular Hbond substituents is 2. The summed E-state index contributed by atoms with van der Waals surface area (Å²) in [5, 5.41) is 28.3. The number of carbonyl (C=O) groups is 4. The summed E-state index contributed by atoms with van der Waals surface area (Å²) < 4.78 is 12.5. The second-order valence-electron chi connectivity index (χ2n) is 15.6. The average Bonchev–Trinajstić information content (AvgIpc) is 3.67. The van der Waals surface area contributed by atoms with Gasteiger partial charge in [-0.15, -0.1) is 0 Å². The maximum Gasteiger partial charge on any atom is 0.231 e.